The van der Waals surface area contributed by atoms with Gasteiger partial charge in [0, 0.05) is 76.3 Å². The van der Waals surface area contributed by atoms with Crippen molar-refractivity contribution in [3.8, 4) is 28.2 Å². The SMILES string of the molecule is [2H]c1c([2H])c([2H])c(-c2ccc3c(c2)c2cc(C(C)(C)C)cc4c2n3-c2cc3c(c5c2B4c2cc(C(C)(C)C)cc4c6cc(-n7c8ccc(C(C)(C)C)cc8c8cc(C(C)(C)C)ccc87)ccc6n-5c24)c2cccc4c5ccccc5c5ccccc5c5ccccc5n3c42)c([2H])c1[2H]. The van der Waals surface area contributed by atoms with Gasteiger partial charge < -0.3 is 18.1 Å². The highest BCUT2D eigenvalue weighted by atomic mass is 15.1. The van der Waals surface area contributed by atoms with E-state index < -0.39 is 6.04 Å². The Labute approximate surface area is 549 Å². The molecule has 7 heterocycles. The first-order chi connectivity index (χ1) is 46.8. The number of aromatic nitrogens is 4. The summed E-state index contributed by atoms with van der Waals surface area (Å²) in [5.74, 6) is 0. The summed E-state index contributed by atoms with van der Waals surface area (Å²) in [6.45, 7) is 27.6. The van der Waals surface area contributed by atoms with Gasteiger partial charge in [0.05, 0.1) is 51.2 Å². The van der Waals surface area contributed by atoms with Gasteiger partial charge in [-0.3, -0.25) is 0 Å². The predicted octanol–water partition coefficient (Wildman–Crippen LogP) is 21.6. The molecule has 5 aromatic heterocycles. The third-order valence-electron chi connectivity index (χ3n) is 21.4. The number of benzene rings is 12. The van der Waals surface area contributed by atoms with Crippen molar-refractivity contribution >= 4 is 148 Å². The van der Waals surface area contributed by atoms with Gasteiger partial charge in [0.25, 0.3) is 6.71 Å². The Balaban J connectivity index is 1.04. The first-order valence-corrected chi connectivity index (χ1v) is 33.1. The smallest absolute Gasteiger partial charge is 0.252 e. The molecule has 2 aliphatic rings. The Hall–Kier alpha value is -10.1. The Morgan fingerprint density at radius 2 is 0.774 bits per heavy atom. The lowest BCUT2D eigenvalue weighted by Gasteiger charge is -2.36. The Bertz CT molecular complexity index is 6500. The predicted molar refractivity (Wildman–Crippen MR) is 402 cm³/mol. The molecule has 0 bridgehead atoms. The molecule has 0 fully saturated rings. The quantitative estimate of drug-likeness (QED) is 0.154. The summed E-state index contributed by atoms with van der Waals surface area (Å²) in [4.78, 5) is 0. The second-order valence-corrected chi connectivity index (χ2v) is 31.0. The normalized spacial score (nSPS) is 14.3. The van der Waals surface area contributed by atoms with Gasteiger partial charge in [-0.15, -0.1) is 0 Å². The lowest BCUT2D eigenvalue weighted by molar-refractivity contribution is 0.590. The molecule has 4 nitrogen and oxygen atoms in total. The van der Waals surface area contributed by atoms with Crippen LogP contribution in [0.4, 0.5) is 0 Å². The van der Waals surface area contributed by atoms with Crippen LogP contribution in [-0.2, 0) is 21.7 Å². The van der Waals surface area contributed by atoms with Crippen molar-refractivity contribution in [1.82, 2.24) is 18.1 Å². The van der Waals surface area contributed by atoms with E-state index in [-0.39, 0.29) is 58.1 Å². The maximum absolute atomic E-state index is 9.28. The number of fused-ring (bicyclic) bond motifs is 24. The molecular formula is C88H73BN4. The maximum atomic E-state index is 9.28. The zero-order chi connectivity index (χ0) is 67.6. The zero-order valence-corrected chi connectivity index (χ0v) is 54.8. The average Bonchev–Trinajstić information content (AvgIpc) is 1.46. The summed E-state index contributed by atoms with van der Waals surface area (Å²) in [5, 5.41) is 16.3. The molecule has 0 atom stereocenters. The average molecular weight is 1200 g/mol. The summed E-state index contributed by atoms with van der Waals surface area (Å²) in [6.07, 6.45) is 0. The monoisotopic (exact) mass is 1200 g/mol. The molecule has 0 radical (unpaired) electrons. The van der Waals surface area contributed by atoms with E-state index in [0.717, 1.165) is 71.7 Å². The van der Waals surface area contributed by atoms with Crippen LogP contribution in [0.5, 0.6) is 0 Å². The van der Waals surface area contributed by atoms with E-state index in [2.05, 4.69) is 289 Å². The third-order valence-corrected chi connectivity index (χ3v) is 21.4. The van der Waals surface area contributed by atoms with Gasteiger partial charge in [0.2, 0.25) is 0 Å². The standard InChI is InChI=1S/C88H73BN4/c1-85(2,3)52-34-38-73-65(42-52)66-43-53(86(4,5)6)35-39-74(66)90(73)56-36-40-76-67(48-56)69-45-55(88(10,11)12)47-71-83(69)93(76)84-79-63-31-22-30-62-60-28-19-17-26-58(60)57-25-16-18-27-59(57)61-29-20-21-32-72(61)91(81(62)63)77(79)49-78-80(84)89(71)70-46-54(87(7,8)9)44-68-64-41-51(50-23-14-13-15-24-50)33-37-75(64)92(78)82(68)70/h13-49H,1-12H3/i13D,14D,15D,23D,24D. The molecule has 0 unspecified atom stereocenters. The topological polar surface area (TPSA) is 19.2 Å². The Kier molecular flexibility index (Phi) is 9.79. The number of nitrogens with zero attached hydrogens (tertiary/aromatic N) is 4. The minimum atomic E-state index is -0.403. The number of hydrogen-bond donors (Lipinski definition) is 0. The summed E-state index contributed by atoms with van der Waals surface area (Å²) >= 11 is 0. The summed E-state index contributed by atoms with van der Waals surface area (Å²) in [5.41, 5.74) is 22.4. The van der Waals surface area contributed by atoms with Gasteiger partial charge in [-0.25, -0.2) is 0 Å². The molecule has 0 spiro atoms. The first-order valence-electron chi connectivity index (χ1n) is 35.6. The van der Waals surface area contributed by atoms with E-state index >= 15 is 0 Å². The molecule has 0 saturated heterocycles. The summed E-state index contributed by atoms with van der Waals surface area (Å²) in [7, 11) is 0. The highest BCUT2D eigenvalue weighted by Gasteiger charge is 2.44. The zero-order valence-electron chi connectivity index (χ0n) is 59.8. The highest BCUT2D eigenvalue weighted by molar-refractivity contribution is 7.00. The van der Waals surface area contributed by atoms with Crippen molar-refractivity contribution < 1.29 is 6.85 Å². The van der Waals surface area contributed by atoms with Crippen LogP contribution in [-0.4, -0.2) is 24.8 Å². The van der Waals surface area contributed by atoms with E-state index in [1.807, 2.05) is 6.07 Å². The number of rotatable bonds is 2. The molecule has 17 aromatic rings. The second-order valence-electron chi connectivity index (χ2n) is 31.0. The number of hydrogen-bond acceptors (Lipinski definition) is 0. The highest BCUT2D eigenvalue weighted by Crippen LogP contribution is 2.49. The van der Waals surface area contributed by atoms with Crippen LogP contribution < -0.4 is 16.4 Å². The van der Waals surface area contributed by atoms with Crippen LogP contribution in [0.1, 0.15) is 112 Å². The van der Waals surface area contributed by atoms with Crippen LogP contribution in [0.15, 0.2) is 224 Å². The minimum absolute atomic E-state index is 0.0420. The molecule has 2 aliphatic heterocycles. The number of para-hydroxylation sites is 2. The lowest BCUT2D eigenvalue weighted by atomic mass is 9.33. The molecule has 5 heteroatoms. The molecular weight excluding hydrogens is 1120 g/mol. The second kappa shape index (κ2) is 18.4. The fourth-order valence-corrected chi connectivity index (χ4v) is 16.7. The largest absolute Gasteiger partial charge is 0.310 e. The van der Waals surface area contributed by atoms with Crippen molar-refractivity contribution in [2.24, 2.45) is 0 Å². The summed E-state index contributed by atoms with van der Waals surface area (Å²) in [6, 6.07) is 72.6. The van der Waals surface area contributed by atoms with E-state index in [4.69, 9.17) is 4.11 Å². The third kappa shape index (κ3) is 7.45. The molecule has 0 N–H and O–H groups in total. The van der Waals surface area contributed by atoms with Crippen molar-refractivity contribution in [2.45, 2.75) is 105 Å². The van der Waals surface area contributed by atoms with Crippen molar-refractivity contribution in [3.63, 3.8) is 0 Å². The molecule has 0 aliphatic carbocycles. The fourth-order valence-electron chi connectivity index (χ4n) is 16.7. The van der Waals surface area contributed by atoms with Crippen LogP contribution in [0.2, 0.25) is 0 Å². The molecule has 19 rings (SSSR count). The summed E-state index contributed by atoms with van der Waals surface area (Å²) < 4.78 is 55.1. The van der Waals surface area contributed by atoms with Crippen molar-refractivity contribution in [3.05, 3.63) is 247 Å². The van der Waals surface area contributed by atoms with Crippen LogP contribution in [0.25, 0.3) is 153 Å². The van der Waals surface area contributed by atoms with Gasteiger partial charge in [-0.05, 0) is 172 Å². The van der Waals surface area contributed by atoms with Crippen LogP contribution >= 0.6 is 0 Å². The van der Waals surface area contributed by atoms with Gasteiger partial charge >= 0.3 is 0 Å². The first kappa shape index (κ1) is 49.6. The van der Waals surface area contributed by atoms with Gasteiger partial charge in [-0.1, -0.05) is 229 Å². The van der Waals surface area contributed by atoms with E-state index in [0.29, 0.717) is 5.56 Å². The van der Waals surface area contributed by atoms with E-state index in [9.17, 15) is 2.74 Å². The van der Waals surface area contributed by atoms with E-state index in [1.54, 1.807) is 0 Å². The molecule has 12 aromatic carbocycles. The molecule has 0 amide bonds. The van der Waals surface area contributed by atoms with Gasteiger partial charge in [-0.2, -0.15) is 0 Å². The van der Waals surface area contributed by atoms with E-state index in [1.165, 1.54) is 109 Å². The van der Waals surface area contributed by atoms with Crippen LogP contribution in [0, 0.1) is 0 Å². The molecule has 93 heavy (non-hydrogen) atoms. The van der Waals surface area contributed by atoms with Gasteiger partial charge in [0.1, 0.15) is 0 Å². The maximum Gasteiger partial charge on any atom is 0.252 e. The van der Waals surface area contributed by atoms with Crippen LogP contribution in [0.3, 0.4) is 0 Å². The lowest BCUT2D eigenvalue weighted by Crippen LogP contribution is -2.59. The fraction of sp³-hybridized carbons (Fsp3) is 0.182. The Morgan fingerprint density at radius 3 is 1.38 bits per heavy atom. The molecule has 0 saturated carbocycles. The Morgan fingerprint density at radius 1 is 0.312 bits per heavy atom. The molecule has 448 valence electrons. The van der Waals surface area contributed by atoms with Crippen molar-refractivity contribution in [1.29, 1.82) is 0 Å². The van der Waals surface area contributed by atoms with Gasteiger partial charge in [0.15, 0.2) is 0 Å². The minimum Gasteiger partial charge on any atom is -0.310 e. The van der Waals surface area contributed by atoms with Crippen molar-refractivity contribution in [2.75, 3.05) is 0 Å².